The maximum Gasteiger partial charge on any atom is 0.319 e. The molecule has 0 bridgehead atoms. The summed E-state index contributed by atoms with van der Waals surface area (Å²) in [6.45, 7) is 4.49. The molecule has 1 aliphatic rings. The number of hydrogen-bond donors (Lipinski definition) is 2. The first-order valence-electron chi connectivity index (χ1n) is 8.56. The van der Waals surface area contributed by atoms with Gasteiger partial charge in [0.05, 0.1) is 35.8 Å². The van der Waals surface area contributed by atoms with Gasteiger partial charge in [-0.25, -0.2) is 14.3 Å². The zero-order valence-electron chi connectivity index (χ0n) is 14.5. The highest BCUT2D eigenvalue weighted by Crippen LogP contribution is 2.44. The van der Waals surface area contributed by atoms with Crippen LogP contribution in [0.25, 0.3) is 5.65 Å². The van der Waals surface area contributed by atoms with Crippen LogP contribution in [0, 0.1) is 12.3 Å². The Bertz CT molecular complexity index is 782. The zero-order chi connectivity index (χ0) is 17.9. The van der Waals surface area contributed by atoms with Gasteiger partial charge in [0.25, 0.3) is 0 Å². The summed E-state index contributed by atoms with van der Waals surface area (Å²) in [5.74, 6) is -0.146. The number of urea groups is 1. The second-order valence-corrected chi connectivity index (χ2v) is 6.42. The van der Waals surface area contributed by atoms with E-state index in [0.29, 0.717) is 25.3 Å². The summed E-state index contributed by atoms with van der Waals surface area (Å²) in [5.41, 5.74) is 1.72. The minimum atomic E-state index is -0.420. The second-order valence-electron chi connectivity index (χ2n) is 6.42. The lowest BCUT2D eigenvalue weighted by Crippen LogP contribution is -2.43. The summed E-state index contributed by atoms with van der Waals surface area (Å²) in [6, 6.07) is 1.53. The van der Waals surface area contributed by atoms with E-state index < -0.39 is 5.41 Å². The SMILES string of the molecule is CCOC(=O)C1(CCNC(=O)Nc2cnc3cc(C)nn3c2)CCC1. The third-order valence-electron chi connectivity index (χ3n) is 4.60. The Kier molecular flexibility index (Phi) is 4.87. The van der Waals surface area contributed by atoms with Crippen LogP contribution in [0.4, 0.5) is 10.5 Å². The molecule has 0 aliphatic heterocycles. The Morgan fingerprint density at radius 2 is 2.20 bits per heavy atom. The lowest BCUT2D eigenvalue weighted by Gasteiger charge is -2.39. The lowest BCUT2D eigenvalue weighted by atomic mass is 9.66. The Labute approximate surface area is 146 Å². The number of carbonyl (C=O) groups excluding carboxylic acids is 2. The molecule has 0 atom stereocenters. The van der Waals surface area contributed by atoms with E-state index in [9.17, 15) is 9.59 Å². The number of aromatic nitrogens is 3. The van der Waals surface area contributed by atoms with Crippen molar-refractivity contribution in [1.82, 2.24) is 19.9 Å². The van der Waals surface area contributed by atoms with Crippen LogP contribution in [0.3, 0.4) is 0 Å². The van der Waals surface area contributed by atoms with Crippen molar-refractivity contribution >= 4 is 23.3 Å². The van der Waals surface area contributed by atoms with Crippen molar-refractivity contribution in [2.75, 3.05) is 18.5 Å². The van der Waals surface area contributed by atoms with Gasteiger partial charge in [0.2, 0.25) is 0 Å². The lowest BCUT2D eigenvalue weighted by molar-refractivity contribution is -0.161. The summed E-state index contributed by atoms with van der Waals surface area (Å²) in [5, 5.41) is 9.78. The van der Waals surface area contributed by atoms with Crippen molar-refractivity contribution in [3.8, 4) is 0 Å². The summed E-state index contributed by atoms with van der Waals surface area (Å²) in [6.07, 6.45) is 6.57. The van der Waals surface area contributed by atoms with Gasteiger partial charge >= 0.3 is 12.0 Å². The maximum absolute atomic E-state index is 12.1. The molecule has 1 saturated carbocycles. The van der Waals surface area contributed by atoms with Gasteiger partial charge in [0, 0.05) is 12.6 Å². The first-order chi connectivity index (χ1) is 12.0. The predicted octanol–water partition coefficient (Wildman–Crippen LogP) is 2.28. The minimum absolute atomic E-state index is 0.146. The number of anilines is 1. The quantitative estimate of drug-likeness (QED) is 0.783. The van der Waals surface area contributed by atoms with E-state index >= 15 is 0 Å². The first-order valence-corrected chi connectivity index (χ1v) is 8.56. The molecule has 1 fully saturated rings. The summed E-state index contributed by atoms with van der Waals surface area (Å²) >= 11 is 0. The highest BCUT2D eigenvalue weighted by atomic mass is 16.5. The molecule has 2 heterocycles. The fourth-order valence-corrected chi connectivity index (χ4v) is 3.09. The normalized spacial score (nSPS) is 15.4. The topological polar surface area (TPSA) is 97.6 Å². The van der Waals surface area contributed by atoms with Gasteiger partial charge in [-0.2, -0.15) is 5.10 Å². The smallest absolute Gasteiger partial charge is 0.319 e. The third-order valence-corrected chi connectivity index (χ3v) is 4.60. The number of carbonyl (C=O) groups is 2. The number of nitrogens with one attached hydrogen (secondary N) is 2. The second kappa shape index (κ2) is 7.08. The molecule has 0 aromatic carbocycles. The number of ether oxygens (including phenoxy) is 1. The number of nitrogens with zero attached hydrogens (tertiary/aromatic N) is 3. The van der Waals surface area contributed by atoms with E-state index in [4.69, 9.17) is 4.74 Å². The summed E-state index contributed by atoms with van der Waals surface area (Å²) < 4.78 is 6.78. The van der Waals surface area contributed by atoms with Gasteiger partial charge < -0.3 is 15.4 Å². The number of fused-ring (bicyclic) bond motifs is 1. The molecule has 0 radical (unpaired) electrons. The molecule has 1 aliphatic carbocycles. The minimum Gasteiger partial charge on any atom is -0.466 e. The fourth-order valence-electron chi connectivity index (χ4n) is 3.09. The number of aryl methyl sites for hydroxylation is 1. The summed E-state index contributed by atoms with van der Waals surface area (Å²) in [4.78, 5) is 28.4. The molecule has 2 aromatic rings. The van der Waals surface area contributed by atoms with Crippen LogP contribution < -0.4 is 10.6 Å². The van der Waals surface area contributed by atoms with E-state index in [-0.39, 0.29) is 12.0 Å². The van der Waals surface area contributed by atoms with Gasteiger partial charge in [-0.1, -0.05) is 6.42 Å². The van der Waals surface area contributed by atoms with Crippen molar-refractivity contribution in [3.63, 3.8) is 0 Å². The van der Waals surface area contributed by atoms with Crippen molar-refractivity contribution in [3.05, 3.63) is 24.2 Å². The molecule has 2 N–H and O–H groups in total. The van der Waals surface area contributed by atoms with E-state index in [2.05, 4.69) is 20.7 Å². The van der Waals surface area contributed by atoms with Crippen molar-refractivity contribution in [2.24, 2.45) is 5.41 Å². The molecule has 134 valence electrons. The zero-order valence-corrected chi connectivity index (χ0v) is 14.5. The number of amides is 2. The Morgan fingerprint density at radius 3 is 2.88 bits per heavy atom. The van der Waals surface area contributed by atoms with Gasteiger partial charge in [0.15, 0.2) is 5.65 Å². The highest BCUT2D eigenvalue weighted by Gasteiger charge is 2.44. The van der Waals surface area contributed by atoms with Gasteiger partial charge in [-0.15, -0.1) is 0 Å². The maximum atomic E-state index is 12.1. The van der Waals surface area contributed by atoms with Crippen LogP contribution in [0.15, 0.2) is 18.5 Å². The van der Waals surface area contributed by atoms with Gasteiger partial charge in [-0.05, 0) is 33.1 Å². The molecule has 3 rings (SSSR count). The molecule has 8 nitrogen and oxygen atoms in total. The average molecular weight is 345 g/mol. The largest absolute Gasteiger partial charge is 0.466 e. The highest BCUT2D eigenvalue weighted by molar-refractivity contribution is 5.89. The van der Waals surface area contributed by atoms with Crippen molar-refractivity contribution in [2.45, 2.75) is 39.5 Å². The fraction of sp³-hybridized carbons (Fsp3) is 0.529. The van der Waals surface area contributed by atoms with E-state index in [1.165, 1.54) is 0 Å². The monoisotopic (exact) mass is 345 g/mol. The predicted molar refractivity (Wildman–Crippen MR) is 92.3 cm³/mol. The van der Waals surface area contributed by atoms with Crippen molar-refractivity contribution < 1.29 is 14.3 Å². The molecular formula is C17H23N5O3. The molecule has 25 heavy (non-hydrogen) atoms. The molecular weight excluding hydrogens is 322 g/mol. The number of hydrogen-bond acceptors (Lipinski definition) is 5. The van der Waals surface area contributed by atoms with Gasteiger partial charge in [-0.3, -0.25) is 4.79 Å². The van der Waals surface area contributed by atoms with Crippen LogP contribution >= 0.6 is 0 Å². The van der Waals surface area contributed by atoms with Crippen LogP contribution in [0.1, 0.15) is 38.3 Å². The molecule has 0 saturated heterocycles. The summed E-state index contributed by atoms with van der Waals surface area (Å²) in [7, 11) is 0. The molecule has 0 spiro atoms. The molecule has 2 aromatic heterocycles. The first kappa shape index (κ1) is 17.2. The Balaban J connectivity index is 1.51. The number of rotatable bonds is 6. The van der Waals surface area contributed by atoms with Crippen LogP contribution in [0.2, 0.25) is 0 Å². The van der Waals surface area contributed by atoms with E-state index in [1.54, 1.807) is 16.9 Å². The standard InChI is InChI=1S/C17H23N5O3/c1-3-25-15(23)17(5-4-6-17)7-8-18-16(24)20-13-10-19-14-9-12(2)21-22(14)11-13/h9-11H,3-8H2,1-2H3,(H2,18,20,24). The van der Waals surface area contributed by atoms with Crippen LogP contribution in [-0.2, 0) is 9.53 Å². The Hall–Kier alpha value is -2.64. The van der Waals surface area contributed by atoms with Crippen LogP contribution in [-0.4, -0.2) is 39.8 Å². The Morgan fingerprint density at radius 1 is 1.40 bits per heavy atom. The van der Waals surface area contributed by atoms with Gasteiger partial charge in [0.1, 0.15) is 0 Å². The molecule has 0 unspecified atom stereocenters. The van der Waals surface area contributed by atoms with Crippen LogP contribution in [0.5, 0.6) is 0 Å². The van der Waals surface area contributed by atoms with Crippen molar-refractivity contribution in [1.29, 1.82) is 0 Å². The van der Waals surface area contributed by atoms with E-state index in [0.717, 1.165) is 30.6 Å². The third kappa shape index (κ3) is 3.72. The average Bonchev–Trinajstić information content (AvgIpc) is 2.89. The molecule has 8 heteroatoms. The van der Waals surface area contributed by atoms with E-state index in [1.807, 2.05) is 19.9 Å². The molecule has 2 amide bonds. The number of esters is 1.